The molecule has 0 saturated heterocycles. The van der Waals surface area contributed by atoms with Gasteiger partial charge in [0.25, 0.3) is 5.56 Å². The van der Waals surface area contributed by atoms with Crippen LogP contribution in [0.25, 0.3) is 6.08 Å². The van der Waals surface area contributed by atoms with Gasteiger partial charge in [-0.25, -0.2) is 9.38 Å². The summed E-state index contributed by atoms with van der Waals surface area (Å²) < 4.78 is 15.4. The van der Waals surface area contributed by atoms with E-state index in [1.165, 1.54) is 23.5 Å². The second-order valence-corrected chi connectivity index (χ2v) is 6.50. The highest BCUT2D eigenvalue weighted by Crippen LogP contribution is 2.16. The monoisotopic (exact) mass is 339 g/mol. The van der Waals surface area contributed by atoms with Crippen molar-refractivity contribution in [3.05, 3.63) is 85.7 Å². The van der Waals surface area contributed by atoms with E-state index in [-0.39, 0.29) is 11.4 Å². The van der Waals surface area contributed by atoms with Crippen molar-refractivity contribution in [2.24, 2.45) is 4.99 Å². The molecule has 0 fully saturated rings. The Morgan fingerprint density at radius 3 is 2.58 bits per heavy atom. The third-order valence-electron chi connectivity index (χ3n) is 3.87. The molecule has 4 nitrogen and oxygen atoms in total. The largest absolute Gasteiger partial charge is 0.334 e. The number of fused-ring (bicyclic) bond motifs is 1. The number of anilines is 1. The summed E-state index contributed by atoms with van der Waals surface area (Å²) in [6, 6.07) is 16.0. The Balaban J connectivity index is 1.71. The van der Waals surface area contributed by atoms with Crippen LogP contribution in [0.1, 0.15) is 5.56 Å². The van der Waals surface area contributed by atoms with Crippen molar-refractivity contribution in [3.63, 3.8) is 0 Å². The number of thiazole rings is 1. The van der Waals surface area contributed by atoms with Gasteiger partial charge in [-0.3, -0.25) is 9.36 Å². The summed E-state index contributed by atoms with van der Waals surface area (Å²) in [4.78, 5) is 19.8. The quantitative estimate of drug-likeness (QED) is 0.715. The minimum atomic E-state index is -0.277. The number of rotatable bonds is 2. The molecular formula is C18H14FN3OS. The van der Waals surface area contributed by atoms with E-state index < -0.39 is 0 Å². The molecule has 24 heavy (non-hydrogen) atoms. The Bertz CT molecular complexity index is 1040. The number of hydrogen-bond acceptors (Lipinski definition) is 4. The minimum Gasteiger partial charge on any atom is -0.334 e. The maximum atomic E-state index is 13.1. The van der Waals surface area contributed by atoms with E-state index in [0.717, 1.165) is 16.1 Å². The van der Waals surface area contributed by atoms with E-state index in [9.17, 15) is 9.18 Å². The fourth-order valence-corrected chi connectivity index (χ4v) is 3.59. The van der Waals surface area contributed by atoms with E-state index >= 15 is 0 Å². The summed E-state index contributed by atoms with van der Waals surface area (Å²) in [6.45, 7) is 0.874. The summed E-state index contributed by atoms with van der Waals surface area (Å²) >= 11 is 1.40. The Hall–Kier alpha value is -2.73. The van der Waals surface area contributed by atoms with E-state index in [1.54, 1.807) is 16.7 Å². The molecule has 6 heteroatoms. The molecule has 3 aromatic rings. The molecule has 0 bridgehead atoms. The topological polar surface area (TPSA) is 37.6 Å². The first kappa shape index (κ1) is 14.8. The Morgan fingerprint density at radius 1 is 1.08 bits per heavy atom. The average Bonchev–Trinajstić information content (AvgIpc) is 2.92. The van der Waals surface area contributed by atoms with Crippen LogP contribution < -0.4 is 19.8 Å². The molecule has 120 valence electrons. The number of hydrogen-bond donors (Lipinski definition) is 0. The zero-order valence-corrected chi connectivity index (χ0v) is 13.5. The van der Waals surface area contributed by atoms with Crippen LogP contribution in [0.5, 0.6) is 0 Å². The highest BCUT2D eigenvalue weighted by molar-refractivity contribution is 7.07. The molecule has 0 aliphatic carbocycles. The second-order valence-electron chi connectivity index (χ2n) is 5.49. The second kappa shape index (κ2) is 6.05. The van der Waals surface area contributed by atoms with Crippen LogP contribution in [-0.2, 0) is 6.67 Å². The molecule has 0 radical (unpaired) electrons. The standard InChI is InChI=1S/C18H14FN3OS/c19-14-6-8-15(9-7-14)21-11-20-18-22(12-21)17(23)16(24-18)10-13-4-2-1-3-5-13/h1-10H,11-12H2/b16-10-. The van der Waals surface area contributed by atoms with Gasteiger partial charge in [0.2, 0.25) is 0 Å². The third kappa shape index (κ3) is 2.76. The Morgan fingerprint density at radius 2 is 1.83 bits per heavy atom. The van der Waals surface area contributed by atoms with Crippen LogP contribution in [0.15, 0.2) is 64.4 Å². The van der Waals surface area contributed by atoms with E-state index in [4.69, 9.17) is 0 Å². The van der Waals surface area contributed by atoms with Gasteiger partial charge in [0, 0.05) is 5.69 Å². The lowest BCUT2D eigenvalue weighted by Crippen LogP contribution is -2.42. The lowest BCUT2D eigenvalue weighted by atomic mass is 10.2. The molecule has 4 rings (SSSR count). The van der Waals surface area contributed by atoms with Crippen molar-refractivity contribution >= 4 is 23.1 Å². The van der Waals surface area contributed by atoms with E-state index in [0.29, 0.717) is 17.9 Å². The van der Waals surface area contributed by atoms with Gasteiger partial charge in [-0.05, 0) is 35.9 Å². The van der Waals surface area contributed by atoms with Gasteiger partial charge in [-0.2, -0.15) is 0 Å². The molecule has 1 aromatic heterocycles. The lowest BCUT2D eigenvalue weighted by molar-refractivity contribution is 0.568. The first-order chi connectivity index (χ1) is 11.7. The van der Waals surface area contributed by atoms with E-state index in [1.807, 2.05) is 41.3 Å². The molecule has 0 saturated carbocycles. The maximum absolute atomic E-state index is 13.1. The molecule has 0 N–H and O–H groups in total. The zero-order valence-electron chi connectivity index (χ0n) is 12.7. The van der Waals surface area contributed by atoms with Crippen LogP contribution in [0.3, 0.4) is 0 Å². The normalized spacial score (nSPS) is 14.4. The smallest absolute Gasteiger partial charge is 0.271 e. The highest BCUT2D eigenvalue weighted by atomic mass is 32.1. The fraction of sp³-hybridized carbons (Fsp3) is 0.111. The lowest BCUT2D eigenvalue weighted by Gasteiger charge is -2.25. The van der Waals surface area contributed by atoms with Crippen molar-refractivity contribution < 1.29 is 4.39 Å². The number of halogens is 1. The van der Waals surface area contributed by atoms with Crippen LogP contribution in [0, 0.1) is 5.82 Å². The third-order valence-corrected chi connectivity index (χ3v) is 4.91. The summed E-state index contributed by atoms with van der Waals surface area (Å²) in [6.07, 6.45) is 1.88. The van der Waals surface area contributed by atoms with Crippen molar-refractivity contribution in [2.75, 3.05) is 11.6 Å². The zero-order chi connectivity index (χ0) is 16.5. The Labute approximate surface area is 141 Å². The van der Waals surface area contributed by atoms with Gasteiger partial charge in [0.05, 0.1) is 4.53 Å². The van der Waals surface area contributed by atoms with Crippen molar-refractivity contribution in [1.82, 2.24) is 4.57 Å². The van der Waals surface area contributed by atoms with Gasteiger partial charge >= 0.3 is 0 Å². The summed E-state index contributed by atoms with van der Waals surface area (Å²) in [5, 5.41) is 0. The van der Waals surface area contributed by atoms with Crippen molar-refractivity contribution in [2.45, 2.75) is 6.67 Å². The summed E-state index contributed by atoms with van der Waals surface area (Å²) in [5.74, 6) is -0.277. The number of benzene rings is 2. The van der Waals surface area contributed by atoms with Gasteiger partial charge < -0.3 is 4.90 Å². The molecule has 1 aliphatic heterocycles. The van der Waals surface area contributed by atoms with Crippen molar-refractivity contribution in [1.29, 1.82) is 0 Å². The molecule has 1 aliphatic rings. The maximum Gasteiger partial charge on any atom is 0.271 e. The van der Waals surface area contributed by atoms with Gasteiger partial charge in [-0.1, -0.05) is 41.7 Å². The van der Waals surface area contributed by atoms with Crippen LogP contribution in [0.4, 0.5) is 10.1 Å². The predicted octanol–water partition coefficient (Wildman–Crippen LogP) is 1.93. The average molecular weight is 339 g/mol. The molecule has 0 spiro atoms. The Kier molecular flexibility index (Phi) is 3.74. The molecule has 0 atom stereocenters. The summed E-state index contributed by atoms with van der Waals surface area (Å²) in [5.41, 5.74) is 1.79. The van der Waals surface area contributed by atoms with Gasteiger partial charge in [-0.15, -0.1) is 0 Å². The summed E-state index contributed by atoms with van der Waals surface area (Å²) in [7, 11) is 0. The van der Waals surface area contributed by atoms with Crippen molar-refractivity contribution in [3.8, 4) is 0 Å². The highest BCUT2D eigenvalue weighted by Gasteiger charge is 2.15. The van der Waals surface area contributed by atoms with Gasteiger partial charge in [0.15, 0.2) is 4.80 Å². The van der Waals surface area contributed by atoms with Crippen LogP contribution >= 0.6 is 11.3 Å². The number of aromatic nitrogens is 1. The van der Waals surface area contributed by atoms with E-state index in [2.05, 4.69) is 4.99 Å². The fourth-order valence-electron chi connectivity index (χ4n) is 2.63. The molecule has 0 unspecified atom stereocenters. The number of nitrogens with zero attached hydrogens (tertiary/aromatic N) is 3. The minimum absolute atomic E-state index is 0.0468. The van der Waals surface area contributed by atoms with Crippen LogP contribution in [-0.4, -0.2) is 11.2 Å². The predicted molar refractivity (Wildman–Crippen MR) is 93.1 cm³/mol. The first-order valence-corrected chi connectivity index (χ1v) is 8.34. The van der Waals surface area contributed by atoms with Crippen LogP contribution in [0.2, 0.25) is 0 Å². The molecular weight excluding hydrogens is 325 g/mol. The molecule has 2 aromatic carbocycles. The van der Waals surface area contributed by atoms with Gasteiger partial charge in [0.1, 0.15) is 19.2 Å². The molecule has 0 amide bonds. The SMILES string of the molecule is O=c1/c(=C/c2ccccc2)sc2n1CN(c1ccc(F)cc1)CN=2. The first-order valence-electron chi connectivity index (χ1n) is 7.52. The molecule has 2 heterocycles.